The van der Waals surface area contributed by atoms with E-state index in [1.807, 2.05) is 36.4 Å². The number of hydrogen-bond donors (Lipinski definition) is 3. The molecule has 3 aromatic rings. The molecule has 5 rings (SSSR count). The summed E-state index contributed by atoms with van der Waals surface area (Å²) in [4.78, 5) is 14.3. The van der Waals surface area contributed by atoms with Gasteiger partial charge >= 0.3 is 0 Å². The van der Waals surface area contributed by atoms with Gasteiger partial charge < -0.3 is 20.4 Å². The van der Waals surface area contributed by atoms with Gasteiger partial charge in [-0.3, -0.25) is 0 Å². The summed E-state index contributed by atoms with van der Waals surface area (Å²) in [7, 11) is 0.921. The predicted octanol–water partition coefficient (Wildman–Crippen LogP) is 4.14. The van der Waals surface area contributed by atoms with Gasteiger partial charge in [-0.2, -0.15) is 4.98 Å². The second-order valence-corrected chi connectivity index (χ2v) is 10.3. The zero-order valence-electron chi connectivity index (χ0n) is 19.0. The minimum atomic E-state index is -1.24. The van der Waals surface area contributed by atoms with Gasteiger partial charge in [-0.05, 0) is 62.4 Å². The summed E-state index contributed by atoms with van der Waals surface area (Å²) in [6.45, 7) is 4.21. The molecule has 1 aliphatic carbocycles. The Kier molecular flexibility index (Phi) is 6.96. The summed E-state index contributed by atoms with van der Waals surface area (Å²) in [6.07, 6.45) is 3.72. The van der Waals surface area contributed by atoms with E-state index >= 15 is 0 Å². The van der Waals surface area contributed by atoms with Gasteiger partial charge in [0.1, 0.15) is 16.0 Å². The van der Waals surface area contributed by atoms with Gasteiger partial charge in [0.25, 0.3) is 0 Å². The van der Waals surface area contributed by atoms with Crippen molar-refractivity contribution in [3.63, 3.8) is 0 Å². The lowest BCUT2D eigenvalue weighted by Crippen LogP contribution is -2.44. The highest BCUT2D eigenvalue weighted by molar-refractivity contribution is 7.83. The number of anilines is 5. The third-order valence-electron chi connectivity index (χ3n) is 5.90. The highest BCUT2D eigenvalue weighted by Crippen LogP contribution is 2.27. The smallest absolute Gasteiger partial charge is 0.229 e. The second kappa shape index (κ2) is 10.3. The summed E-state index contributed by atoms with van der Waals surface area (Å²) in [5, 5.41) is 6.87. The number of likely N-dealkylation sites (N-methyl/N-ethyl adjacent to an activating group) is 1. The Morgan fingerprint density at radius 1 is 1.00 bits per heavy atom. The molecule has 2 fully saturated rings. The number of halogens is 1. The molecule has 0 spiro atoms. The van der Waals surface area contributed by atoms with Crippen molar-refractivity contribution in [3.8, 4) is 0 Å². The Hall–Kier alpha value is -2.72. The van der Waals surface area contributed by atoms with Gasteiger partial charge in [-0.1, -0.05) is 17.7 Å². The number of rotatable bonds is 8. The third-order valence-corrected chi connectivity index (χ3v) is 7.40. The van der Waals surface area contributed by atoms with Crippen LogP contribution in [0.15, 0.2) is 59.6 Å². The van der Waals surface area contributed by atoms with Crippen molar-refractivity contribution in [3.05, 3.63) is 59.8 Å². The maximum atomic E-state index is 12.5. The molecule has 178 valence electrons. The van der Waals surface area contributed by atoms with Gasteiger partial charge in [-0.25, -0.2) is 13.9 Å². The van der Waals surface area contributed by atoms with Crippen molar-refractivity contribution in [1.82, 2.24) is 19.6 Å². The van der Waals surface area contributed by atoms with Crippen molar-refractivity contribution < 1.29 is 4.21 Å². The first-order valence-corrected chi connectivity index (χ1v) is 12.9. The van der Waals surface area contributed by atoms with E-state index in [9.17, 15) is 4.21 Å². The molecule has 1 aromatic heterocycles. The summed E-state index contributed by atoms with van der Waals surface area (Å²) >= 11 is 6.35. The van der Waals surface area contributed by atoms with Crippen LogP contribution < -0.4 is 20.3 Å². The van der Waals surface area contributed by atoms with Crippen LogP contribution in [0, 0.1) is 0 Å². The first kappa shape index (κ1) is 23.0. The van der Waals surface area contributed by atoms with Crippen LogP contribution in [0.3, 0.4) is 0 Å². The molecule has 34 heavy (non-hydrogen) atoms. The molecule has 2 aliphatic rings. The van der Waals surface area contributed by atoms with Crippen LogP contribution in [-0.2, 0) is 11.0 Å². The summed E-state index contributed by atoms with van der Waals surface area (Å²) < 4.78 is 15.6. The Labute approximate surface area is 207 Å². The lowest BCUT2D eigenvalue weighted by Gasteiger charge is -2.34. The van der Waals surface area contributed by atoms with Crippen LogP contribution in [0.25, 0.3) is 0 Å². The molecule has 1 saturated heterocycles. The van der Waals surface area contributed by atoms with Gasteiger partial charge in [0, 0.05) is 49.3 Å². The number of aromatic nitrogens is 2. The van der Waals surface area contributed by atoms with E-state index in [4.69, 9.17) is 11.6 Å². The van der Waals surface area contributed by atoms with Crippen LogP contribution in [0.2, 0.25) is 5.02 Å². The SMILES string of the molecule is CN1CCN(c2ccc(Nc3ncc(Cl)c(Nc4cccc(S(=O)NC5CC5)c4)n3)cc2)CC1. The minimum Gasteiger partial charge on any atom is -0.369 e. The Morgan fingerprint density at radius 3 is 2.50 bits per heavy atom. The van der Waals surface area contributed by atoms with Crippen molar-refractivity contribution in [2.75, 3.05) is 48.8 Å². The average molecular weight is 498 g/mol. The molecular weight excluding hydrogens is 470 g/mol. The third kappa shape index (κ3) is 5.85. The van der Waals surface area contributed by atoms with Crippen molar-refractivity contribution in [2.45, 2.75) is 23.8 Å². The Balaban J connectivity index is 1.25. The molecule has 3 N–H and O–H groups in total. The molecule has 2 aromatic carbocycles. The van der Waals surface area contributed by atoms with Crippen LogP contribution in [0.1, 0.15) is 12.8 Å². The van der Waals surface area contributed by atoms with Crippen molar-refractivity contribution >= 4 is 51.4 Å². The molecular formula is C24H28ClN7OS. The van der Waals surface area contributed by atoms with Gasteiger partial charge in [0.05, 0.1) is 11.1 Å². The molecule has 10 heteroatoms. The van der Waals surface area contributed by atoms with Crippen molar-refractivity contribution in [2.24, 2.45) is 0 Å². The van der Waals surface area contributed by atoms with Crippen LogP contribution in [0.5, 0.6) is 0 Å². The van der Waals surface area contributed by atoms with E-state index in [0.29, 0.717) is 27.7 Å². The van der Waals surface area contributed by atoms with Crippen molar-refractivity contribution in [1.29, 1.82) is 0 Å². The second-order valence-electron chi connectivity index (χ2n) is 8.67. The molecule has 0 radical (unpaired) electrons. The molecule has 2 heterocycles. The number of hydrogen-bond acceptors (Lipinski definition) is 7. The number of nitrogens with one attached hydrogen (secondary N) is 3. The average Bonchev–Trinajstić information content (AvgIpc) is 3.66. The van der Waals surface area contributed by atoms with Crippen LogP contribution in [-0.4, -0.2) is 58.3 Å². The van der Waals surface area contributed by atoms with Crippen LogP contribution >= 0.6 is 11.6 Å². The molecule has 0 bridgehead atoms. The molecule has 8 nitrogen and oxygen atoms in total. The molecule has 1 unspecified atom stereocenters. The predicted molar refractivity (Wildman–Crippen MR) is 139 cm³/mol. The maximum absolute atomic E-state index is 12.5. The van der Waals surface area contributed by atoms with E-state index in [1.54, 1.807) is 6.20 Å². The summed E-state index contributed by atoms with van der Waals surface area (Å²) in [5.41, 5.74) is 2.87. The van der Waals surface area contributed by atoms with E-state index in [1.165, 1.54) is 5.69 Å². The zero-order chi connectivity index (χ0) is 23.5. The molecule has 1 saturated carbocycles. The summed E-state index contributed by atoms with van der Waals surface area (Å²) in [6, 6.07) is 16.1. The first-order chi connectivity index (χ1) is 16.5. The molecule has 1 aliphatic heterocycles. The Morgan fingerprint density at radius 2 is 1.76 bits per heavy atom. The highest BCUT2D eigenvalue weighted by Gasteiger charge is 2.23. The zero-order valence-corrected chi connectivity index (χ0v) is 20.6. The van der Waals surface area contributed by atoms with E-state index < -0.39 is 11.0 Å². The lowest BCUT2D eigenvalue weighted by molar-refractivity contribution is 0.313. The first-order valence-electron chi connectivity index (χ1n) is 11.4. The largest absolute Gasteiger partial charge is 0.369 e. The molecule has 0 amide bonds. The standard InChI is InChI=1S/C24H28ClN7OS/c1-31-11-13-32(14-12-31)20-9-7-17(8-10-20)28-24-26-16-22(25)23(29-24)27-19-3-2-4-21(15-19)34(33)30-18-5-6-18/h2-4,7-10,15-16,18,30H,5-6,11-14H2,1H3,(H2,26,27,28,29). The van der Waals surface area contributed by atoms with Gasteiger partial charge in [-0.15, -0.1) is 0 Å². The fourth-order valence-corrected chi connectivity index (χ4v) is 4.96. The van der Waals surface area contributed by atoms with Crippen LogP contribution in [0.4, 0.5) is 28.8 Å². The van der Waals surface area contributed by atoms with E-state index in [-0.39, 0.29) is 0 Å². The Bertz CT molecular complexity index is 1160. The lowest BCUT2D eigenvalue weighted by atomic mass is 10.2. The number of nitrogens with zero attached hydrogens (tertiary/aromatic N) is 4. The number of piperazine rings is 1. The fraction of sp³-hybridized carbons (Fsp3) is 0.333. The highest BCUT2D eigenvalue weighted by atomic mass is 35.5. The minimum absolute atomic E-state index is 0.359. The van der Waals surface area contributed by atoms with Gasteiger partial charge in [0.15, 0.2) is 5.82 Å². The summed E-state index contributed by atoms with van der Waals surface area (Å²) in [5.74, 6) is 0.917. The molecule has 1 atom stereocenters. The normalized spacial score (nSPS) is 17.4. The monoisotopic (exact) mass is 497 g/mol. The fourth-order valence-electron chi connectivity index (χ4n) is 3.71. The number of benzene rings is 2. The maximum Gasteiger partial charge on any atom is 0.229 e. The topological polar surface area (TPSA) is 85.4 Å². The quantitative estimate of drug-likeness (QED) is 0.431. The van der Waals surface area contributed by atoms with E-state index in [2.05, 4.69) is 54.3 Å². The van der Waals surface area contributed by atoms with Gasteiger partial charge in [0.2, 0.25) is 5.95 Å². The van der Waals surface area contributed by atoms with E-state index in [0.717, 1.165) is 50.4 Å².